The summed E-state index contributed by atoms with van der Waals surface area (Å²) in [5.41, 5.74) is 0. The Kier molecular flexibility index (Phi) is 5.08. The van der Waals surface area contributed by atoms with Gasteiger partial charge in [0.25, 0.3) is 0 Å². The zero-order valence-corrected chi connectivity index (χ0v) is 7.72. The number of amides is 1. The van der Waals surface area contributed by atoms with Crippen molar-refractivity contribution in [2.24, 2.45) is 0 Å². The van der Waals surface area contributed by atoms with Gasteiger partial charge in [-0.3, -0.25) is 4.79 Å². The summed E-state index contributed by atoms with van der Waals surface area (Å²) >= 11 is 0. The number of carbonyl (C=O) groups is 2. The first kappa shape index (κ1) is 10.9. The van der Waals surface area contributed by atoms with Crippen molar-refractivity contribution in [3.05, 3.63) is 0 Å². The number of hydrogen-bond acceptors (Lipinski definition) is 3. The van der Waals surface area contributed by atoms with E-state index in [1.165, 1.54) is 7.11 Å². The van der Waals surface area contributed by atoms with Crippen molar-refractivity contribution < 1.29 is 15.8 Å². The van der Waals surface area contributed by atoms with Crippen LogP contribution in [0.2, 0.25) is 0 Å². The summed E-state index contributed by atoms with van der Waals surface area (Å²) in [6.07, 6.45) is 0.480. The lowest BCUT2D eigenvalue weighted by molar-refractivity contribution is -0.120. The van der Waals surface area contributed by atoms with Gasteiger partial charge in [-0.2, -0.15) is 0 Å². The quantitative estimate of drug-likeness (QED) is 0.701. The molecule has 0 aromatic heterocycles. The molecule has 0 spiro atoms. The van der Waals surface area contributed by atoms with Crippen LogP contribution in [0.3, 0.4) is 0 Å². The fourth-order valence-corrected chi connectivity index (χ4v) is 0.858. The monoisotopic (exact) mass is 175 g/mol. The Morgan fingerprint density at radius 1 is 1.50 bits per heavy atom. The van der Waals surface area contributed by atoms with Crippen molar-refractivity contribution in [2.45, 2.75) is 32.7 Å². The fraction of sp³-hybridized carbons (Fsp3) is 0.750. The molecule has 4 heteroatoms. The normalized spacial score (nSPS) is 11.9. The van der Waals surface area contributed by atoms with E-state index in [2.05, 4.69) is 10.1 Å². The summed E-state index contributed by atoms with van der Waals surface area (Å²) in [4.78, 5) is 21.8. The number of Topliss-reactive ketones (excluding diaryl/α,β-unsaturated/α-hetero) is 1. The first-order chi connectivity index (χ1) is 5.65. The van der Waals surface area contributed by atoms with Crippen LogP contribution in [0.4, 0.5) is 4.79 Å². The highest BCUT2D eigenvalue weighted by molar-refractivity contribution is 5.86. The van der Waals surface area contributed by atoms with E-state index in [1.54, 1.807) is 6.92 Å². The fourth-order valence-electron chi connectivity index (χ4n) is 0.858. The molecule has 1 N–H and O–H groups in total. The Balaban J connectivity index is 0. The maximum atomic E-state index is 11.1. The van der Waals surface area contributed by atoms with E-state index in [1.807, 2.05) is 6.92 Å². The van der Waals surface area contributed by atoms with E-state index < -0.39 is 12.1 Å². The second-order valence-corrected chi connectivity index (χ2v) is 2.42. The molecule has 0 unspecified atom stereocenters. The van der Waals surface area contributed by atoms with Crippen LogP contribution in [0.15, 0.2) is 0 Å². The van der Waals surface area contributed by atoms with Crippen LogP contribution in [-0.4, -0.2) is 25.0 Å². The molecule has 0 aliphatic carbocycles. The van der Waals surface area contributed by atoms with Gasteiger partial charge in [0, 0.05) is 7.85 Å². The van der Waals surface area contributed by atoms with E-state index in [4.69, 9.17) is 0 Å². The second kappa shape index (κ2) is 5.57. The van der Waals surface area contributed by atoms with Gasteiger partial charge in [0.2, 0.25) is 0 Å². The van der Waals surface area contributed by atoms with Gasteiger partial charge in [0.15, 0.2) is 5.78 Å². The lowest BCUT2D eigenvalue weighted by Gasteiger charge is -2.13. The SMILES string of the molecule is CCC(=O)[C@@H](CC)NC(=O)OC.[HH]. The van der Waals surface area contributed by atoms with E-state index in [0.29, 0.717) is 12.8 Å². The molecule has 0 aromatic rings. The Hall–Kier alpha value is -1.06. The maximum Gasteiger partial charge on any atom is 0.407 e. The molecule has 0 aliphatic rings. The molecule has 0 fully saturated rings. The van der Waals surface area contributed by atoms with Gasteiger partial charge in [0.05, 0.1) is 13.2 Å². The first-order valence-electron chi connectivity index (χ1n) is 4.02. The molecule has 1 atom stereocenters. The van der Waals surface area contributed by atoms with Crippen LogP contribution in [0, 0.1) is 0 Å². The number of alkyl carbamates (subject to hydrolysis) is 1. The van der Waals surface area contributed by atoms with E-state index >= 15 is 0 Å². The Morgan fingerprint density at radius 2 is 2.08 bits per heavy atom. The van der Waals surface area contributed by atoms with Crippen molar-refractivity contribution in [3.63, 3.8) is 0 Å². The molecule has 0 saturated heterocycles. The van der Waals surface area contributed by atoms with E-state index in [0.717, 1.165) is 0 Å². The highest BCUT2D eigenvalue weighted by Crippen LogP contribution is 1.96. The molecule has 0 rings (SSSR count). The first-order valence-corrected chi connectivity index (χ1v) is 4.02. The number of methoxy groups -OCH3 is 1. The predicted molar refractivity (Wildman–Crippen MR) is 47.0 cm³/mol. The smallest absolute Gasteiger partial charge is 0.407 e. The van der Waals surface area contributed by atoms with Crippen LogP contribution in [0.5, 0.6) is 0 Å². The highest BCUT2D eigenvalue weighted by atomic mass is 16.5. The summed E-state index contributed by atoms with van der Waals surface area (Å²) in [6, 6.07) is -0.401. The van der Waals surface area contributed by atoms with Crippen molar-refractivity contribution in [2.75, 3.05) is 7.11 Å². The van der Waals surface area contributed by atoms with Crippen LogP contribution in [-0.2, 0) is 9.53 Å². The Labute approximate surface area is 73.8 Å². The zero-order chi connectivity index (χ0) is 9.56. The summed E-state index contributed by atoms with van der Waals surface area (Å²) in [5, 5.41) is 2.46. The topological polar surface area (TPSA) is 55.4 Å². The van der Waals surface area contributed by atoms with Crippen LogP contribution < -0.4 is 5.32 Å². The molecule has 0 saturated carbocycles. The third-order valence-electron chi connectivity index (χ3n) is 1.62. The van der Waals surface area contributed by atoms with Gasteiger partial charge in [-0.25, -0.2) is 4.79 Å². The molecular weight excluding hydrogens is 158 g/mol. The lowest BCUT2D eigenvalue weighted by atomic mass is 10.1. The highest BCUT2D eigenvalue weighted by Gasteiger charge is 2.16. The number of ketones is 1. The van der Waals surface area contributed by atoms with Crippen molar-refractivity contribution in [1.82, 2.24) is 5.32 Å². The van der Waals surface area contributed by atoms with Gasteiger partial charge in [-0.05, 0) is 6.42 Å². The third-order valence-corrected chi connectivity index (χ3v) is 1.62. The van der Waals surface area contributed by atoms with Gasteiger partial charge in [0.1, 0.15) is 0 Å². The molecule has 0 bridgehead atoms. The van der Waals surface area contributed by atoms with Crippen molar-refractivity contribution in [3.8, 4) is 0 Å². The molecule has 12 heavy (non-hydrogen) atoms. The minimum absolute atomic E-state index is 0. The van der Waals surface area contributed by atoms with Crippen LogP contribution in [0.1, 0.15) is 28.1 Å². The average Bonchev–Trinajstić information content (AvgIpc) is 2.12. The number of rotatable bonds is 4. The number of hydrogen-bond donors (Lipinski definition) is 1. The van der Waals surface area contributed by atoms with E-state index in [9.17, 15) is 9.59 Å². The van der Waals surface area contributed by atoms with Crippen molar-refractivity contribution >= 4 is 11.9 Å². The standard InChI is InChI=1S/C8H15NO3.H2/c1-4-6(7(10)5-2)9-8(11)12-3;/h6H,4-5H2,1-3H3,(H,9,11);1H/t6-;/m1./s1. The van der Waals surface area contributed by atoms with E-state index in [-0.39, 0.29) is 7.21 Å². The molecule has 1 amide bonds. The molecule has 0 heterocycles. The van der Waals surface area contributed by atoms with Gasteiger partial charge < -0.3 is 10.1 Å². The average molecular weight is 175 g/mol. The third kappa shape index (κ3) is 3.37. The van der Waals surface area contributed by atoms with Gasteiger partial charge in [-0.1, -0.05) is 13.8 Å². The van der Waals surface area contributed by atoms with Gasteiger partial charge >= 0.3 is 6.09 Å². The van der Waals surface area contributed by atoms with Crippen LogP contribution >= 0.6 is 0 Å². The van der Waals surface area contributed by atoms with Gasteiger partial charge in [-0.15, -0.1) is 0 Å². The molecule has 4 nitrogen and oxygen atoms in total. The Bertz CT molecular complexity index is 173. The summed E-state index contributed by atoms with van der Waals surface area (Å²) < 4.78 is 4.37. The molecule has 72 valence electrons. The minimum atomic E-state index is -0.552. The molecule has 0 aromatic carbocycles. The largest absolute Gasteiger partial charge is 0.453 e. The number of carbonyl (C=O) groups excluding carboxylic acids is 2. The molecule has 0 aliphatic heterocycles. The zero-order valence-electron chi connectivity index (χ0n) is 7.72. The summed E-state index contributed by atoms with van der Waals surface area (Å²) in [7, 11) is 1.28. The summed E-state index contributed by atoms with van der Waals surface area (Å²) in [5.74, 6) is 0.0305. The second-order valence-electron chi connectivity index (χ2n) is 2.42. The van der Waals surface area contributed by atoms with Crippen molar-refractivity contribution in [1.29, 1.82) is 0 Å². The summed E-state index contributed by atoms with van der Waals surface area (Å²) in [6.45, 7) is 3.61. The number of ether oxygens (including phenoxy) is 1. The minimum Gasteiger partial charge on any atom is -0.453 e. The Morgan fingerprint density at radius 3 is 2.42 bits per heavy atom. The lowest BCUT2D eigenvalue weighted by Crippen LogP contribution is -2.39. The van der Waals surface area contributed by atoms with Crippen LogP contribution in [0.25, 0.3) is 0 Å². The molecular formula is C8H17NO3. The maximum absolute atomic E-state index is 11.1. The predicted octanol–water partition coefficient (Wildman–Crippen LogP) is 1.35. The molecule has 0 radical (unpaired) electrons. The number of nitrogens with one attached hydrogen (secondary N) is 1.